The number of carbonyl (C=O) groups is 1. The molecule has 1 amide bonds. The van der Waals surface area contributed by atoms with Gasteiger partial charge in [-0.15, -0.1) is 0 Å². The fourth-order valence-corrected chi connectivity index (χ4v) is 3.61. The van der Waals surface area contributed by atoms with E-state index in [0.717, 1.165) is 42.6 Å². The Morgan fingerprint density at radius 2 is 1.74 bits per heavy atom. The van der Waals surface area contributed by atoms with E-state index in [4.69, 9.17) is 0 Å². The van der Waals surface area contributed by atoms with Gasteiger partial charge in [-0.05, 0) is 48.2 Å². The van der Waals surface area contributed by atoms with E-state index in [-0.39, 0.29) is 11.5 Å². The van der Waals surface area contributed by atoms with Crippen LogP contribution in [-0.4, -0.2) is 42.0 Å². The van der Waals surface area contributed by atoms with Crippen molar-refractivity contribution in [1.29, 1.82) is 0 Å². The molecule has 27 heavy (non-hydrogen) atoms. The highest BCUT2D eigenvalue weighted by Crippen LogP contribution is 2.18. The molecule has 1 N–H and O–H groups in total. The number of fused-ring (bicyclic) bond motifs is 1. The molecule has 0 bridgehead atoms. The Balaban J connectivity index is 1.42. The van der Waals surface area contributed by atoms with Gasteiger partial charge in [0.15, 0.2) is 0 Å². The van der Waals surface area contributed by atoms with E-state index >= 15 is 0 Å². The molecule has 0 unspecified atom stereocenters. The average Bonchev–Trinajstić information content (AvgIpc) is 2.70. The molecule has 1 aliphatic rings. The smallest absolute Gasteiger partial charge is 0.251 e. The van der Waals surface area contributed by atoms with Gasteiger partial charge in [0, 0.05) is 42.9 Å². The molecule has 0 aliphatic carbocycles. The molecular weight excluding hydrogens is 338 g/mol. The van der Waals surface area contributed by atoms with Gasteiger partial charge >= 0.3 is 0 Å². The molecule has 0 saturated carbocycles. The number of aromatic nitrogens is 1. The number of benzene rings is 2. The third kappa shape index (κ3) is 3.72. The van der Waals surface area contributed by atoms with Crippen molar-refractivity contribution >= 4 is 22.5 Å². The van der Waals surface area contributed by atoms with E-state index in [9.17, 15) is 9.59 Å². The maximum Gasteiger partial charge on any atom is 0.251 e. The first-order valence-corrected chi connectivity index (χ1v) is 9.30. The standard InChI is InChI=1S/C22H23N3O2/c1-16-13-18-14-17(7-8-20(18)23-22(16)27)15-21(26)25-11-9-24(10-12-25)19-5-3-2-4-6-19/h2-8,13-14H,9-12,15H2,1H3,(H,23,27). The lowest BCUT2D eigenvalue weighted by atomic mass is 10.1. The van der Waals surface area contributed by atoms with Crippen molar-refractivity contribution < 1.29 is 4.79 Å². The number of anilines is 1. The molecule has 4 rings (SSSR count). The molecule has 5 heteroatoms. The van der Waals surface area contributed by atoms with Crippen LogP contribution >= 0.6 is 0 Å². The van der Waals surface area contributed by atoms with Crippen molar-refractivity contribution in [2.45, 2.75) is 13.3 Å². The van der Waals surface area contributed by atoms with Crippen LogP contribution in [0.25, 0.3) is 10.9 Å². The van der Waals surface area contributed by atoms with Gasteiger partial charge in [-0.2, -0.15) is 0 Å². The minimum Gasteiger partial charge on any atom is -0.368 e. The van der Waals surface area contributed by atoms with E-state index in [0.29, 0.717) is 12.0 Å². The summed E-state index contributed by atoms with van der Waals surface area (Å²) in [5.74, 6) is 0.156. The third-order valence-electron chi connectivity index (χ3n) is 5.20. The van der Waals surface area contributed by atoms with Gasteiger partial charge in [0.25, 0.3) is 5.56 Å². The maximum absolute atomic E-state index is 12.7. The molecule has 1 fully saturated rings. The quantitative estimate of drug-likeness (QED) is 0.780. The van der Waals surface area contributed by atoms with Gasteiger partial charge in [-0.1, -0.05) is 24.3 Å². The van der Waals surface area contributed by atoms with Crippen LogP contribution in [0, 0.1) is 6.92 Å². The predicted molar refractivity (Wildman–Crippen MR) is 108 cm³/mol. The van der Waals surface area contributed by atoms with Crippen LogP contribution in [0.3, 0.4) is 0 Å². The highest BCUT2D eigenvalue weighted by Gasteiger charge is 2.21. The number of para-hydroxylation sites is 1. The van der Waals surface area contributed by atoms with E-state index in [1.807, 2.05) is 47.4 Å². The van der Waals surface area contributed by atoms with Crippen molar-refractivity contribution in [1.82, 2.24) is 9.88 Å². The molecule has 0 spiro atoms. The Kier molecular flexibility index (Phi) is 4.67. The highest BCUT2D eigenvalue weighted by atomic mass is 16.2. The summed E-state index contributed by atoms with van der Waals surface area (Å²) in [6, 6.07) is 18.0. The summed E-state index contributed by atoms with van der Waals surface area (Å²) in [4.78, 5) is 31.6. The number of nitrogens with one attached hydrogen (secondary N) is 1. The highest BCUT2D eigenvalue weighted by molar-refractivity contribution is 5.83. The van der Waals surface area contributed by atoms with Gasteiger partial charge in [-0.25, -0.2) is 0 Å². The summed E-state index contributed by atoms with van der Waals surface area (Å²) in [5.41, 5.74) is 3.61. The topological polar surface area (TPSA) is 56.4 Å². The Morgan fingerprint density at radius 3 is 2.48 bits per heavy atom. The fourth-order valence-electron chi connectivity index (χ4n) is 3.61. The van der Waals surface area contributed by atoms with E-state index in [2.05, 4.69) is 22.0 Å². The normalized spacial score (nSPS) is 14.6. The zero-order valence-electron chi connectivity index (χ0n) is 15.4. The number of aryl methyl sites for hydroxylation is 1. The van der Waals surface area contributed by atoms with Gasteiger partial charge in [0.1, 0.15) is 0 Å². The lowest BCUT2D eigenvalue weighted by molar-refractivity contribution is -0.130. The third-order valence-corrected chi connectivity index (χ3v) is 5.20. The van der Waals surface area contributed by atoms with Crippen molar-refractivity contribution in [3.05, 3.63) is 76.1 Å². The Morgan fingerprint density at radius 1 is 1.00 bits per heavy atom. The zero-order valence-corrected chi connectivity index (χ0v) is 15.4. The number of piperazine rings is 1. The van der Waals surface area contributed by atoms with Crippen LogP contribution in [0.1, 0.15) is 11.1 Å². The molecule has 5 nitrogen and oxygen atoms in total. The average molecular weight is 361 g/mol. The number of nitrogens with zero attached hydrogens (tertiary/aromatic N) is 2. The zero-order chi connectivity index (χ0) is 18.8. The van der Waals surface area contributed by atoms with Crippen LogP contribution in [-0.2, 0) is 11.2 Å². The van der Waals surface area contributed by atoms with Crippen LogP contribution < -0.4 is 10.5 Å². The number of hydrogen-bond acceptors (Lipinski definition) is 3. The molecule has 138 valence electrons. The first kappa shape index (κ1) is 17.3. The molecule has 1 aromatic heterocycles. The lowest BCUT2D eigenvalue weighted by Gasteiger charge is -2.36. The molecule has 0 radical (unpaired) electrons. The fraction of sp³-hybridized carbons (Fsp3) is 0.273. The number of amides is 1. The second kappa shape index (κ2) is 7.27. The van der Waals surface area contributed by atoms with Crippen molar-refractivity contribution in [3.8, 4) is 0 Å². The van der Waals surface area contributed by atoms with Gasteiger partial charge in [-0.3, -0.25) is 9.59 Å². The minimum atomic E-state index is -0.0670. The lowest BCUT2D eigenvalue weighted by Crippen LogP contribution is -2.49. The number of rotatable bonds is 3. The summed E-state index contributed by atoms with van der Waals surface area (Å²) in [7, 11) is 0. The van der Waals surface area contributed by atoms with Crippen molar-refractivity contribution in [2.75, 3.05) is 31.1 Å². The summed E-state index contributed by atoms with van der Waals surface area (Å²) >= 11 is 0. The monoisotopic (exact) mass is 361 g/mol. The summed E-state index contributed by atoms with van der Waals surface area (Å²) in [6.07, 6.45) is 0.388. The molecule has 0 atom stereocenters. The van der Waals surface area contributed by atoms with Crippen molar-refractivity contribution in [3.63, 3.8) is 0 Å². The second-order valence-corrected chi connectivity index (χ2v) is 7.08. The molecule has 2 heterocycles. The first-order chi connectivity index (χ1) is 13.1. The van der Waals surface area contributed by atoms with E-state index in [1.165, 1.54) is 5.69 Å². The Labute approximate surface area is 158 Å². The van der Waals surface area contributed by atoms with E-state index in [1.54, 1.807) is 6.92 Å². The largest absolute Gasteiger partial charge is 0.368 e. The Hall–Kier alpha value is -3.08. The number of H-pyrrole nitrogens is 1. The maximum atomic E-state index is 12.7. The van der Waals surface area contributed by atoms with E-state index < -0.39 is 0 Å². The number of aromatic amines is 1. The van der Waals surface area contributed by atoms with Gasteiger partial charge < -0.3 is 14.8 Å². The summed E-state index contributed by atoms with van der Waals surface area (Å²) in [5, 5.41) is 0.964. The summed E-state index contributed by atoms with van der Waals surface area (Å²) in [6.45, 7) is 4.99. The van der Waals surface area contributed by atoms with Crippen LogP contribution in [0.4, 0.5) is 5.69 Å². The molecule has 1 saturated heterocycles. The van der Waals surface area contributed by atoms with Crippen molar-refractivity contribution in [2.24, 2.45) is 0 Å². The first-order valence-electron chi connectivity index (χ1n) is 9.30. The number of pyridine rings is 1. The summed E-state index contributed by atoms with van der Waals surface area (Å²) < 4.78 is 0. The number of carbonyl (C=O) groups excluding carboxylic acids is 1. The van der Waals surface area contributed by atoms with Crippen LogP contribution in [0.15, 0.2) is 59.4 Å². The van der Waals surface area contributed by atoms with Crippen LogP contribution in [0.2, 0.25) is 0 Å². The van der Waals surface area contributed by atoms with Gasteiger partial charge in [0.05, 0.1) is 6.42 Å². The predicted octanol–water partition coefficient (Wildman–Crippen LogP) is 2.73. The molecule has 2 aromatic carbocycles. The minimum absolute atomic E-state index is 0.0670. The molecular formula is C22H23N3O2. The molecule has 1 aliphatic heterocycles. The van der Waals surface area contributed by atoms with Crippen LogP contribution in [0.5, 0.6) is 0 Å². The SMILES string of the molecule is Cc1cc2cc(CC(=O)N3CCN(c4ccccc4)CC3)ccc2[nH]c1=O. The Bertz CT molecular complexity index is 1020. The van der Waals surface area contributed by atoms with Gasteiger partial charge in [0.2, 0.25) is 5.91 Å². The molecule has 3 aromatic rings. The number of hydrogen-bond donors (Lipinski definition) is 1. The second-order valence-electron chi connectivity index (χ2n) is 7.08.